The van der Waals surface area contributed by atoms with Crippen molar-refractivity contribution in [3.63, 3.8) is 0 Å². The predicted octanol–water partition coefficient (Wildman–Crippen LogP) is 1.93. The number of nitrogens with one attached hydrogen (secondary N) is 1. The molecule has 0 aromatic carbocycles. The van der Waals surface area contributed by atoms with E-state index >= 15 is 0 Å². The van der Waals surface area contributed by atoms with Crippen molar-refractivity contribution in [2.45, 2.75) is 45.6 Å². The monoisotopic (exact) mass is 144 g/mol. The summed E-state index contributed by atoms with van der Waals surface area (Å²) in [5, 5.41) is 12.9. The Balaban J connectivity index is 2.97. The maximum atomic E-state index is 10.1. The first-order valence-electron chi connectivity index (χ1n) is 4.12. The molecule has 0 spiro atoms. The second-order valence-corrected chi connectivity index (χ2v) is 2.75. The van der Waals surface area contributed by atoms with Crippen LogP contribution in [0.5, 0.6) is 0 Å². The standard InChI is InChI=1S/C8H18NO/c1-3-4-5-6-8(2)9-7-10/h8-9H,3-7H2,1-2H3. The molecule has 0 heterocycles. The van der Waals surface area contributed by atoms with Crippen LogP contribution in [-0.2, 0) is 5.11 Å². The van der Waals surface area contributed by atoms with E-state index in [2.05, 4.69) is 19.2 Å². The van der Waals surface area contributed by atoms with E-state index in [4.69, 9.17) is 0 Å². The quantitative estimate of drug-likeness (QED) is 0.448. The van der Waals surface area contributed by atoms with E-state index in [1.165, 1.54) is 19.3 Å². The highest BCUT2D eigenvalue weighted by Crippen LogP contribution is 2.01. The van der Waals surface area contributed by atoms with Gasteiger partial charge < -0.3 is 0 Å². The van der Waals surface area contributed by atoms with Crippen molar-refractivity contribution in [3.8, 4) is 0 Å². The number of unbranched alkanes of at least 4 members (excludes halogenated alkanes) is 2. The van der Waals surface area contributed by atoms with Crippen molar-refractivity contribution in [1.82, 2.24) is 5.32 Å². The summed E-state index contributed by atoms with van der Waals surface area (Å²) in [5.74, 6) is 0. The maximum Gasteiger partial charge on any atom is 0.133 e. The summed E-state index contributed by atoms with van der Waals surface area (Å²) >= 11 is 0. The Morgan fingerprint density at radius 3 is 2.60 bits per heavy atom. The number of hydrogen-bond donors (Lipinski definition) is 1. The van der Waals surface area contributed by atoms with Crippen molar-refractivity contribution < 1.29 is 5.11 Å². The molecule has 2 nitrogen and oxygen atoms in total. The van der Waals surface area contributed by atoms with Gasteiger partial charge in [0.05, 0.1) is 0 Å². The van der Waals surface area contributed by atoms with Gasteiger partial charge in [0.15, 0.2) is 0 Å². The van der Waals surface area contributed by atoms with Crippen LogP contribution in [-0.4, -0.2) is 12.8 Å². The Morgan fingerprint density at radius 1 is 1.40 bits per heavy atom. The van der Waals surface area contributed by atoms with Crippen LogP contribution in [0.15, 0.2) is 0 Å². The molecule has 0 aliphatic rings. The molecule has 2 heteroatoms. The molecule has 0 aliphatic heterocycles. The minimum atomic E-state index is -0.146. The lowest BCUT2D eigenvalue weighted by Crippen LogP contribution is -2.25. The summed E-state index contributed by atoms with van der Waals surface area (Å²) < 4.78 is 0. The van der Waals surface area contributed by atoms with E-state index < -0.39 is 0 Å². The van der Waals surface area contributed by atoms with Crippen LogP contribution in [0.2, 0.25) is 0 Å². The number of rotatable bonds is 6. The van der Waals surface area contributed by atoms with Crippen LogP contribution in [0.1, 0.15) is 39.5 Å². The smallest absolute Gasteiger partial charge is 0.133 e. The van der Waals surface area contributed by atoms with Crippen LogP contribution < -0.4 is 5.32 Å². The van der Waals surface area contributed by atoms with Gasteiger partial charge in [-0.15, -0.1) is 0 Å². The molecule has 0 aliphatic carbocycles. The molecular formula is C8H18NO. The van der Waals surface area contributed by atoms with Crippen LogP contribution >= 0.6 is 0 Å². The van der Waals surface area contributed by atoms with Crippen LogP contribution in [0, 0.1) is 0 Å². The van der Waals surface area contributed by atoms with Crippen molar-refractivity contribution >= 4 is 0 Å². The van der Waals surface area contributed by atoms with Gasteiger partial charge in [0.25, 0.3) is 0 Å². The Hall–Kier alpha value is -0.0800. The molecule has 0 saturated carbocycles. The number of hydrogen-bond acceptors (Lipinski definition) is 1. The van der Waals surface area contributed by atoms with E-state index in [0.717, 1.165) is 6.42 Å². The first-order valence-corrected chi connectivity index (χ1v) is 4.12. The summed E-state index contributed by atoms with van der Waals surface area (Å²) in [6.45, 7) is 4.10. The fraction of sp³-hybridized carbons (Fsp3) is 1.00. The molecule has 0 fully saturated rings. The summed E-state index contributed by atoms with van der Waals surface area (Å²) in [4.78, 5) is 0. The highest BCUT2D eigenvalue weighted by atomic mass is 16.3. The van der Waals surface area contributed by atoms with Gasteiger partial charge in [-0.3, -0.25) is 5.32 Å². The fourth-order valence-electron chi connectivity index (χ4n) is 0.945. The van der Waals surface area contributed by atoms with E-state index in [1.54, 1.807) is 0 Å². The third kappa shape index (κ3) is 6.05. The molecule has 1 unspecified atom stereocenters. The Kier molecular flexibility index (Phi) is 6.98. The second-order valence-electron chi connectivity index (χ2n) is 2.75. The van der Waals surface area contributed by atoms with Gasteiger partial charge in [0.2, 0.25) is 0 Å². The summed E-state index contributed by atoms with van der Waals surface area (Å²) in [6, 6.07) is 0.407. The molecular weight excluding hydrogens is 126 g/mol. The van der Waals surface area contributed by atoms with E-state index in [9.17, 15) is 5.11 Å². The molecule has 1 atom stereocenters. The second kappa shape index (κ2) is 7.03. The lowest BCUT2D eigenvalue weighted by molar-refractivity contribution is 0.155. The topological polar surface area (TPSA) is 31.9 Å². The zero-order chi connectivity index (χ0) is 7.82. The van der Waals surface area contributed by atoms with Crippen molar-refractivity contribution in [2.24, 2.45) is 0 Å². The van der Waals surface area contributed by atoms with Crippen molar-refractivity contribution in [2.75, 3.05) is 6.73 Å². The molecule has 0 bridgehead atoms. The Labute approximate surface area is 63.6 Å². The normalized spacial score (nSPS) is 13.5. The summed E-state index contributed by atoms with van der Waals surface area (Å²) in [7, 11) is 0. The SMILES string of the molecule is CCCCCC(C)NC[O]. The van der Waals surface area contributed by atoms with Crippen LogP contribution in [0.4, 0.5) is 0 Å². The molecule has 0 rings (SSSR count). The summed E-state index contributed by atoms with van der Waals surface area (Å²) in [5.41, 5.74) is 0. The zero-order valence-corrected chi connectivity index (χ0v) is 7.02. The lowest BCUT2D eigenvalue weighted by atomic mass is 10.1. The third-order valence-electron chi connectivity index (χ3n) is 1.67. The predicted molar refractivity (Wildman–Crippen MR) is 42.3 cm³/mol. The molecule has 0 amide bonds. The highest BCUT2D eigenvalue weighted by molar-refractivity contribution is 4.56. The lowest BCUT2D eigenvalue weighted by Gasteiger charge is -2.09. The average molecular weight is 144 g/mol. The largest absolute Gasteiger partial charge is 0.290 e. The fourth-order valence-corrected chi connectivity index (χ4v) is 0.945. The van der Waals surface area contributed by atoms with Crippen LogP contribution in [0.3, 0.4) is 0 Å². The Bertz CT molecular complexity index is 66.3. The maximum absolute atomic E-state index is 10.1. The van der Waals surface area contributed by atoms with E-state index in [1.807, 2.05) is 0 Å². The molecule has 1 N–H and O–H groups in total. The van der Waals surface area contributed by atoms with Gasteiger partial charge >= 0.3 is 0 Å². The van der Waals surface area contributed by atoms with Gasteiger partial charge in [-0.1, -0.05) is 26.2 Å². The van der Waals surface area contributed by atoms with Crippen molar-refractivity contribution in [1.29, 1.82) is 0 Å². The Morgan fingerprint density at radius 2 is 2.10 bits per heavy atom. The van der Waals surface area contributed by atoms with E-state index in [0.29, 0.717) is 6.04 Å². The van der Waals surface area contributed by atoms with Gasteiger partial charge in [0, 0.05) is 6.04 Å². The zero-order valence-electron chi connectivity index (χ0n) is 7.02. The van der Waals surface area contributed by atoms with Crippen molar-refractivity contribution in [3.05, 3.63) is 0 Å². The minimum absolute atomic E-state index is 0.146. The summed E-state index contributed by atoms with van der Waals surface area (Å²) in [6.07, 6.45) is 4.91. The molecule has 10 heavy (non-hydrogen) atoms. The molecule has 0 aromatic rings. The molecule has 0 saturated heterocycles. The first kappa shape index (κ1) is 9.92. The highest BCUT2D eigenvalue weighted by Gasteiger charge is 1.97. The van der Waals surface area contributed by atoms with Gasteiger partial charge in [-0.25, -0.2) is 5.11 Å². The van der Waals surface area contributed by atoms with Gasteiger partial charge in [-0.2, -0.15) is 0 Å². The molecule has 1 radical (unpaired) electrons. The van der Waals surface area contributed by atoms with Crippen LogP contribution in [0.25, 0.3) is 0 Å². The minimum Gasteiger partial charge on any atom is -0.290 e. The first-order chi connectivity index (χ1) is 4.81. The van der Waals surface area contributed by atoms with Gasteiger partial charge in [0.1, 0.15) is 6.73 Å². The average Bonchev–Trinajstić information content (AvgIpc) is 1.89. The molecule has 0 aromatic heterocycles. The third-order valence-corrected chi connectivity index (χ3v) is 1.67. The van der Waals surface area contributed by atoms with E-state index in [-0.39, 0.29) is 6.73 Å². The molecule has 61 valence electrons. The van der Waals surface area contributed by atoms with Gasteiger partial charge in [-0.05, 0) is 13.3 Å².